The van der Waals surface area contributed by atoms with E-state index in [1.165, 1.54) is 6.92 Å². The van der Waals surface area contributed by atoms with E-state index in [1.54, 1.807) is 21.3 Å². The number of piperidine rings is 1. The molecule has 5 aliphatic carbocycles. The molecule has 1 unspecified atom stereocenters. The van der Waals surface area contributed by atoms with Crippen molar-refractivity contribution in [1.82, 2.24) is 4.90 Å². The number of rotatable bonds is 7. The molecule has 1 spiro atoms. The molecule has 0 amide bonds. The highest BCUT2D eigenvalue weighted by Gasteiger charge is 2.87. The zero-order chi connectivity index (χ0) is 24.9. The highest BCUT2D eigenvalue weighted by molar-refractivity contribution is 5.66. The van der Waals surface area contributed by atoms with Crippen molar-refractivity contribution in [2.45, 2.75) is 75.6 Å². The van der Waals surface area contributed by atoms with E-state index in [0.717, 1.165) is 32.4 Å². The number of likely N-dealkylation sites (tertiary alicyclic amines) is 1. The van der Waals surface area contributed by atoms with Gasteiger partial charge in [-0.2, -0.15) is 0 Å². The van der Waals surface area contributed by atoms with Gasteiger partial charge in [-0.15, -0.1) is 0 Å². The molecule has 1 heterocycles. The van der Waals surface area contributed by atoms with Crippen molar-refractivity contribution in [3.05, 3.63) is 0 Å². The SMILES string of the molecule is CCN1C[C@]2(COC)CC[C@H](OC)[C@]34C1[C@H]([C@@H](OC(C)=O)[C@H]23)[C@@]1(O)C[C@H](OC)[C@H]2C[C@@H]4[C@@H]1[C@H]2OC. The summed E-state index contributed by atoms with van der Waals surface area (Å²) >= 11 is 0. The molecule has 7 bridgehead atoms. The van der Waals surface area contributed by atoms with Crippen LogP contribution in [0.15, 0.2) is 0 Å². The second-order valence-electron chi connectivity index (χ2n) is 12.3. The summed E-state index contributed by atoms with van der Waals surface area (Å²) in [5.41, 5.74) is -1.43. The number of ether oxygens (including phenoxy) is 5. The number of esters is 1. The maximum Gasteiger partial charge on any atom is 0.302 e. The van der Waals surface area contributed by atoms with E-state index in [2.05, 4.69) is 11.8 Å². The smallest absolute Gasteiger partial charge is 0.302 e. The lowest BCUT2D eigenvalue weighted by molar-refractivity contribution is -0.277. The third kappa shape index (κ3) is 2.72. The first kappa shape index (κ1) is 24.6. The number of methoxy groups -OCH3 is 4. The average molecular weight is 494 g/mol. The Morgan fingerprint density at radius 2 is 1.86 bits per heavy atom. The Morgan fingerprint density at radius 3 is 2.46 bits per heavy atom. The van der Waals surface area contributed by atoms with Crippen molar-refractivity contribution in [1.29, 1.82) is 0 Å². The predicted molar refractivity (Wildman–Crippen MR) is 127 cm³/mol. The molecule has 6 aliphatic rings. The molecule has 1 aliphatic heterocycles. The minimum Gasteiger partial charge on any atom is -0.462 e. The van der Waals surface area contributed by atoms with Crippen LogP contribution in [0.3, 0.4) is 0 Å². The summed E-state index contributed by atoms with van der Waals surface area (Å²) in [6.45, 7) is 6.12. The molecule has 13 atom stereocenters. The minimum absolute atomic E-state index is 0.0268. The lowest BCUT2D eigenvalue weighted by Gasteiger charge is -2.69. The summed E-state index contributed by atoms with van der Waals surface area (Å²) in [6, 6.07) is 0.0789. The van der Waals surface area contributed by atoms with Crippen LogP contribution in [0.5, 0.6) is 0 Å². The first-order chi connectivity index (χ1) is 16.8. The van der Waals surface area contributed by atoms with Gasteiger partial charge >= 0.3 is 5.97 Å². The van der Waals surface area contributed by atoms with Crippen LogP contribution in [0, 0.1) is 40.4 Å². The van der Waals surface area contributed by atoms with Crippen molar-refractivity contribution in [2.24, 2.45) is 40.4 Å². The van der Waals surface area contributed by atoms with Gasteiger partial charge in [0.2, 0.25) is 0 Å². The maximum absolute atomic E-state index is 12.9. The van der Waals surface area contributed by atoms with Crippen LogP contribution in [0.25, 0.3) is 0 Å². The van der Waals surface area contributed by atoms with E-state index >= 15 is 0 Å². The minimum atomic E-state index is -1.04. The van der Waals surface area contributed by atoms with Crippen LogP contribution in [0.4, 0.5) is 0 Å². The third-order valence-corrected chi connectivity index (χ3v) is 11.6. The van der Waals surface area contributed by atoms with E-state index in [4.69, 9.17) is 23.7 Å². The van der Waals surface area contributed by atoms with Crippen molar-refractivity contribution in [2.75, 3.05) is 48.1 Å². The molecular formula is C27H43NO7. The fourth-order valence-electron chi connectivity index (χ4n) is 11.3. The molecule has 0 aromatic carbocycles. The zero-order valence-electron chi connectivity index (χ0n) is 22.1. The average Bonchev–Trinajstić information content (AvgIpc) is 3.27. The monoisotopic (exact) mass is 493 g/mol. The van der Waals surface area contributed by atoms with E-state index < -0.39 is 5.60 Å². The zero-order valence-corrected chi connectivity index (χ0v) is 22.1. The molecule has 8 nitrogen and oxygen atoms in total. The van der Waals surface area contributed by atoms with Crippen molar-refractivity contribution in [3.8, 4) is 0 Å². The Bertz CT molecular complexity index is 870. The molecular weight excluding hydrogens is 450 g/mol. The Hall–Kier alpha value is -0.770. The topological polar surface area (TPSA) is 86.7 Å². The molecule has 0 aromatic heterocycles. The van der Waals surface area contributed by atoms with Crippen molar-refractivity contribution < 1.29 is 33.6 Å². The van der Waals surface area contributed by atoms with Crippen LogP contribution in [-0.4, -0.2) is 100 Å². The van der Waals surface area contributed by atoms with Gasteiger partial charge in [0.1, 0.15) is 6.10 Å². The van der Waals surface area contributed by atoms with Gasteiger partial charge in [0.15, 0.2) is 0 Å². The van der Waals surface area contributed by atoms with Gasteiger partial charge in [-0.3, -0.25) is 9.69 Å². The normalized spacial score (nSPS) is 55.7. The molecule has 198 valence electrons. The van der Waals surface area contributed by atoms with E-state index in [0.29, 0.717) is 13.0 Å². The molecule has 1 saturated heterocycles. The summed E-state index contributed by atoms with van der Waals surface area (Å²) in [5.74, 6) is -0.00516. The fraction of sp³-hybridized carbons (Fsp3) is 0.963. The summed E-state index contributed by atoms with van der Waals surface area (Å²) in [4.78, 5) is 15.2. The molecule has 6 rings (SSSR count). The van der Waals surface area contributed by atoms with E-state index in [-0.39, 0.29) is 76.8 Å². The van der Waals surface area contributed by atoms with Gasteiger partial charge in [0, 0.05) is 88.9 Å². The number of hydrogen-bond donors (Lipinski definition) is 1. The number of nitrogens with zero attached hydrogens (tertiary/aromatic N) is 1. The largest absolute Gasteiger partial charge is 0.462 e. The van der Waals surface area contributed by atoms with E-state index in [9.17, 15) is 9.90 Å². The summed E-state index contributed by atoms with van der Waals surface area (Å²) in [7, 11) is 7.16. The van der Waals surface area contributed by atoms with Crippen LogP contribution >= 0.6 is 0 Å². The molecule has 5 saturated carbocycles. The first-order valence-electron chi connectivity index (χ1n) is 13.5. The summed E-state index contributed by atoms with van der Waals surface area (Å²) in [5, 5.41) is 12.9. The summed E-state index contributed by atoms with van der Waals surface area (Å²) in [6.07, 6.45) is 2.92. The standard InChI is InChI=1S/C27H43NO7/c1-7-28-12-25(13-31-3)9-8-18(33-5)27-16-10-15-17(32-4)11-26(30,19(16)21(15)34-6)20(24(27)28)22(23(25)27)35-14(2)29/h15-24,30H,7-13H2,1-6H3/t15-,16-,17+,18+,19-,20+,21+,22-,23-,24?,25+,26-,27+/m1/s1. The highest BCUT2D eigenvalue weighted by Crippen LogP contribution is 2.79. The van der Waals surface area contributed by atoms with E-state index in [1.807, 2.05) is 7.11 Å². The Balaban J connectivity index is 1.64. The summed E-state index contributed by atoms with van der Waals surface area (Å²) < 4.78 is 30.8. The van der Waals surface area contributed by atoms with Crippen LogP contribution in [0.2, 0.25) is 0 Å². The molecule has 6 fully saturated rings. The first-order valence-corrected chi connectivity index (χ1v) is 13.5. The van der Waals surface area contributed by atoms with Gasteiger partial charge in [-0.1, -0.05) is 6.92 Å². The quantitative estimate of drug-likeness (QED) is 0.537. The van der Waals surface area contributed by atoms with Crippen LogP contribution < -0.4 is 0 Å². The van der Waals surface area contributed by atoms with Gasteiger partial charge in [0.05, 0.1) is 30.5 Å². The highest BCUT2D eigenvalue weighted by atomic mass is 16.5. The predicted octanol–water partition coefficient (Wildman–Crippen LogP) is 1.73. The fourth-order valence-corrected chi connectivity index (χ4v) is 11.3. The third-order valence-electron chi connectivity index (χ3n) is 11.6. The number of carbonyl (C=O) groups excluding carboxylic acids is 1. The number of carbonyl (C=O) groups is 1. The van der Waals surface area contributed by atoms with Gasteiger partial charge in [-0.25, -0.2) is 0 Å². The maximum atomic E-state index is 12.9. The lowest BCUT2D eigenvalue weighted by atomic mass is 9.43. The second-order valence-corrected chi connectivity index (χ2v) is 12.3. The molecule has 35 heavy (non-hydrogen) atoms. The lowest BCUT2D eigenvalue weighted by Crippen LogP contribution is -2.76. The van der Waals surface area contributed by atoms with Crippen LogP contribution in [0.1, 0.15) is 39.5 Å². The molecule has 0 radical (unpaired) electrons. The van der Waals surface area contributed by atoms with Gasteiger partial charge in [0.25, 0.3) is 0 Å². The van der Waals surface area contributed by atoms with Gasteiger partial charge < -0.3 is 28.8 Å². The Kier molecular flexibility index (Phi) is 5.69. The Labute approximate surface area is 208 Å². The molecule has 1 N–H and O–H groups in total. The second kappa shape index (κ2) is 8.11. The molecule has 8 heteroatoms. The molecule has 0 aromatic rings. The number of hydrogen-bond acceptors (Lipinski definition) is 8. The van der Waals surface area contributed by atoms with Gasteiger partial charge in [-0.05, 0) is 31.7 Å². The number of fused-ring (bicyclic) bond motifs is 2. The number of aliphatic hydroxyl groups is 1. The van der Waals surface area contributed by atoms with Crippen molar-refractivity contribution in [3.63, 3.8) is 0 Å². The van der Waals surface area contributed by atoms with Crippen LogP contribution in [-0.2, 0) is 28.5 Å². The Morgan fingerprint density at radius 1 is 1.09 bits per heavy atom. The van der Waals surface area contributed by atoms with Crippen molar-refractivity contribution >= 4 is 5.97 Å².